The van der Waals surface area contributed by atoms with Crippen LogP contribution in [-0.4, -0.2) is 25.7 Å². The minimum Gasteiger partial charge on any atom is -0.504 e. The number of allylic oxidation sites excluding steroid dienone is 1. The van der Waals surface area contributed by atoms with Gasteiger partial charge in [0.1, 0.15) is 11.0 Å². The Balaban J connectivity index is 2.56. The van der Waals surface area contributed by atoms with Crippen LogP contribution in [0.25, 0.3) is 6.08 Å². The molecule has 0 radical (unpaired) electrons. The zero-order valence-electron chi connectivity index (χ0n) is 13.0. The third-order valence-corrected chi connectivity index (χ3v) is 5.01. The minimum absolute atomic E-state index is 0.00383. The van der Waals surface area contributed by atoms with E-state index in [4.69, 9.17) is 4.74 Å². The first-order valence-corrected chi connectivity index (χ1v) is 8.31. The number of ether oxygens (including phenoxy) is 1. The Labute approximate surface area is 139 Å². The number of sulfone groups is 1. The van der Waals surface area contributed by atoms with E-state index >= 15 is 0 Å². The van der Waals surface area contributed by atoms with Gasteiger partial charge in [0.05, 0.1) is 12.0 Å². The van der Waals surface area contributed by atoms with Crippen LogP contribution in [0.1, 0.15) is 11.1 Å². The third-order valence-electron chi connectivity index (χ3n) is 3.33. The van der Waals surface area contributed by atoms with Gasteiger partial charge in [0, 0.05) is 0 Å². The quantitative estimate of drug-likeness (QED) is 0.652. The molecule has 0 aliphatic carbocycles. The number of phenols is 2. The average Bonchev–Trinajstić information content (AvgIpc) is 2.55. The first-order valence-electron chi connectivity index (χ1n) is 6.83. The predicted octanol–water partition coefficient (Wildman–Crippen LogP) is 2.75. The summed E-state index contributed by atoms with van der Waals surface area (Å²) in [6.45, 7) is 1.82. The summed E-state index contributed by atoms with van der Waals surface area (Å²) < 4.78 is 30.0. The largest absolute Gasteiger partial charge is 0.504 e. The lowest BCUT2D eigenvalue weighted by molar-refractivity contribution is 0.351. The molecular formula is C17H15NO5S. The Hall–Kier alpha value is -2.98. The molecule has 0 saturated carbocycles. The van der Waals surface area contributed by atoms with Crippen molar-refractivity contribution in [2.45, 2.75) is 11.8 Å². The van der Waals surface area contributed by atoms with Gasteiger partial charge in [-0.15, -0.1) is 0 Å². The number of aryl methyl sites for hydroxylation is 1. The number of hydrogen-bond acceptors (Lipinski definition) is 6. The fraction of sp³-hybridized carbons (Fsp3) is 0.118. The van der Waals surface area contributed by atoms with Crippen molar-refractivity contribution < 1.29 is 23.4 Å². The molecule has 0 aromatic heterocycles. The molecular weight excluding hydrogens is 330 g/mol. The van der Waals surface area contributed by atoms with Crippen LogP contribution >= 0.6 is 0 Å². The summed E-state index contributed by atoms with van der Waals surface area (Å²) in [7, 11) is -2.71. The van der Waals surface area contributed by atoms with Crippen LogP contribution in [0.5, 0.6) is 17.2 Å². The van der Waals surface area contributed by atoms with Gasteiger partial charge in [-0.2, -0.15) is 5.26 Å². The molecule has 0 aliphatic heterocycles. The lowest BCUT2D eigenvalue weighted by Gasteiger charge is -2.07. The summed E-state index contributed by atoms with van der Waals surface area (Å²) in [5.74, 6) is -0.980. The van der Waals surface area contributed by atoms with Crippen LogP contribution in [0, 0.1) is 18.3 Å². The molecule has 0 aliphatic rings. The highest BCUT2D eigenvalue weighted by molar-refractivity contribution is 7.95. The molecule has 6 nitrogen and oxygen atoms in total. The highest BCUT2D eigenvalue weighted by Crippen LogP contribution is 2.37. The van der Waals surface area contributed by atoms with E-state index in [0.717, 1.165) is 17.7 Å². The number of hydrogen-bond donors (Lipinski definition) is 2. The van der Waals surface area contributed by atoms with E-state index in [1.54, 1.807) is 18.2 Å². The van der Waals surface area contributed by atoms with Crippen molar-refractivity contribution in [1.82, 2.24) is 0 Å². The van der Waals surface area contributed by atoms with Crippen molar-refractivity contribution in [3.8, 4) is 23.3 Å². The fourth-order valence-electron chi connectivity index (χ4n) is 2.02. The standard InChI is InChI=1S/C17H15NO5S/c1-11-3-5-13(6-4-11)24(21,22)14(10-18)7-12-8-15(19)17(20)16(9-12)23-2/h3-9,19-20H,1-2H3/b14-7+. The van der Waals surface area contributed by atoms with Gasteiger partial charge in [0.25, 0.3) is 0 Å². The maximum absolute atomic E-state index is 12.6. The second kappa shape index (κ2) is 6.64. The smallest absolute Gasteiger partial charge is 0.216 e. The van der Waals surface area contributed by atoms with Gasteiger partial charge in [0.15, 0.2) is 11.5 Å². The van der Waals surface area contributed by atoms with Crippen LogP contribution < -0.4 is 4.74 Å². The van der Waals surface area contributed by atoms with Crippen molar-refractivity contribution in [1.29, 1.82) is 5.26 Å². The Morgan fingerprint density at radius 1 is 1.21 bits per heavy atom. The maximum Gasteiger partial charge on any atom is 0.216 e. The number of methoxy groups -OCH3 is 1. The van der Waals surface area contributed by atoms with E-state index in [2.05, 4.69) is 0 Å². The van der Waals surface area contributed by atoms with E-state index in [9.17, 15) is 23.9 Å². The van der Waals surface area contributed by atoms with Crippen molar-refractivity contribution >= 4 is 15.9 Å². The van der Waals surface area contributed by atoms with E-state index in [1.807, 2.05) is 6.92 Å². The molecule has 0 atom stereocenters. The maximum atomic E-state index is 12.6. The van der Waals surface area contributed by atoms with Crippen LogP contribution in [0.15, 0.2) is 46.2 Å². The molecule has 2 aromatic carbocycles. The van der Waals surface area contributed by atoms with E-state index in [-0.39, 0.29) is 16.2 Å². The molecule has 7 heteroatoms. The molecule has 24 heavy (non-hydrogen) atoms. The lowest BCUT2D eigenvalue weighted by atomic mass is 10.1. The molecule has 0 saturated heterocycles. The number of nitriles is 1. The van der Waals surface area contributed by atoms with Gasteiger partial charge in [-0.1, -0.05) is 17.7 Å². The Morgan fingerprint density at radius 2 is 1.83 bits per heavy atom. The topological polar surface area (TPSA) is 108 Å². The summed E-state index contributed by atoms with van der Waals surface area (Å²) in [6.07, 6.45) is 1.11. The van der Waals surface area contributed by atoms with Crippen molar-refractivity contribution in [2.75, 3.05) is 7.11 Å². The lowest BCUT2D eigenvalue weighted by Crippen LogP contribution is -2.03. The zero-order chi connectivity index (χ0) is 17.9. The second-order valence-electron chi connectivity index (χ2n) is 5.03. The molecule has 0 spiro atoms. The monoisotopic (exact) mass is 345 g/mol. The van der Waals surface area contributed by atoms with Gasteiger partial charge in [0.2, 0.25) is 15.6 Å². The highest BCUT2D eigenvalue weighted by Gasteiger charge is 2.21. The molecule has 2 N–H and O–H groups in total. The van der Waals surface area contributed by atoms with E-state index in [0.29, 0.717) is 0 Å². The Morgan fingerprint density at radius 3 is 2.38 bits per heavy atom. The number of phenolic OH excluding ortho intramolecular Hbond substituents is 2. The molecule has 0 amide bonds. The van der Waals surface area contributed by atoms with Gasteiger partial charge in [-0.3, -0.25) is 0 Å². The van der Waals surface area contributed by atoms with Crippen molar-refractivity contribution in [2.24, 2.45) is 0 Å². The molecule has 2 rings (SSSR count). The van der Waals surface area contributed by atoms with Gasteiger partial charge < -0.3 is 14.9 Å². The van der Waals surface area contributed by atoms with E-state index < -0.39 is 26.2 Å². The van der Waals surface area contributed by atoms with Crippen LogP contribution in [-0.2, 0) is 9.84 Å². The van der Waals surface area contributed by atoms with Gasteiger partial charge >= 0.3 is 0 Å². The Kier molecular flexibility index (Phi) is 4.81. The summed E-state index contributed by atoms with van der Waals surface area (Å²) >= 11 is 0. The molecule has 2 aromatic rings. The van der Waals surface area contributed by atoms with Crippen LogP contribution in [0.2, 0.25) is 0 Å². The first kappa shape index (κ1) is 17.4. The minimum atomic E-state index is -3.99. The summed E-state index contributed by atoms with van der Waals surface area (Å²) in [4.78, 5) is -0.491. The molecule has 0 bridgehead atoms. The zero-order valence-corrected chi connectivity index (χ0v) is 13.8. The number of rotatable bonds is 4. The number of aromatic hydroxyl groups is 2. The predicted molar refractivity (Wildman–Crippen MR) is 88.3 cm³/mol. The molecule has 124 valence electrons. The first-order chi connectivity index (χ1) is 11.3. The molecule has 0 unspecified atom stereocenters. The number of benzene rings is 2. The van der Waals surface area contributed by atoms with Gasteiger partial charge in [-0.25, -0.2) is 8.42 Å². The van der Waals surface area contributed by atoms with E-state index in [1.165, 1.54) is 25.3 Å². The van der Waals surface area contributed by atoms with Crippen LogP contribution in [0.3, 0.4) is 0 Å². The molecule has 0 heterocycles. The average molecular weight is 345 g/mol. The highest BCUT2D eigenvalue weighted by atomic mass is 32.2. The number of nitrogens with zero attached hydrogens (tertiary/aromatic N) is 1. The second-order valence-corrected chi connectivity index (χ2v) is 6.95. The van der Waals surface area contributed by atoms with Crippen molar-refractivity contribution in [3.63, 3.8) is 0 Å². The van der Waals surface area contributed by atoms with Crippen LogP contribution in [0.4, 0.5) is 0 Å². The molecule has 0 fully saturated rings. The Bertz CT molecular complexity index is 938. The fourth-order valence-corrected chi connectivity index (χ4v) is 3.18. The summed E-state index contributed by atoms with van der Waals surface area (Å²) in [5, 5.41) is 28.5. The summed E-state index contributed by atoms with van der Waals surface area (Å²) in [6, 6.07) is 10.2. The third kappa shape index (κ3) is 3.34. The normalized spacial score (nSPS) is 11.8. The SMILES string of the molecule is COc1cc(/C=C(\C#N)S(=O)(=O)c2ccc(C)cc2)cc(O)c1O. The van der Waals surface area contributed by atoms with Gasteiger partial charge in [-0.05, 0) is 42.8 Å². The summed E-state index contributed by atoms with van der Waals surface area (Å²) in [5.41, 5.74) is 1.10. The van der Waals surface area contributed by atoms with Crippen molar-refractivity contribution in [3.05, 3.63) is 52.4 Å².